The van der Waals surface area contributed by atoms with Crippen molar-refractivity contribution in [3.8, 4) is 0 Å². The van der Waals surface area contributed by atoms with Crippen LogP contribution in [0.1, 0.15) is 21.2 Å². The minimum absolute atomic E-state index is 0.0201. The Morgan fingerprint density at radius 1 is 0.957 bits per heavy atom. The number of thioether (sulfide) groups is 1. The SMILES string of the molecule is O=C(c1ccccc1)C(Sc1nccc(=O)[nH]1)c1ccccc1. The second-order valence-electron chi connectivity index (χ2n) is 4.88. The number of benzene rings is 2. The molecule has 0 fully saturated rings. The molecule has 0 aliphatic rings. The number of carbonyl (C=O) groups is 1. The van der Waals surface area contributed by atoms with Crippen LogP contribution in [0.3, 0.4) is 0 Å². The molecule has 4 nitrogen and oxygen atoms in total. The highest BCUT2D eigenvalue weighted by molar-refractivity contribution is 8.00. The van der Waals surface area contributed by atoms with E-state index >= 15 is 0 Å². The topological polar surface area (TPSA) is 62.8 Å². The predicted molar refractivity (Wildman–Crippen MR) is 90.7 cm³/mol. The number of nitrogens with zero attached hydrogens (tertiary/aromatic N) is 1. The maximum absolute atomic E-state index is 12.9. The molecule has 0 spiro atoms. The van der Waals surface area contributed by atoms with Gasteiger partial charge in [0.25, 0.3) is 5.56 Å². The van der Waals surface area contributed by atoms with Gasteiger partial charge in [0, 0.05) is 17.8 Å². The molecule has 0 aliphatic heterocycles. The Kier molecular flexibility index (Phi) is 4.68. The molecule has 0 bridgehead atoms. The largest absolute Gasteiger partial charge is 0.301 e. The second kappa shape index (κ2) is 7.07. The summed E-state index contributed by atoms with van der Waals surface area (Å²) in [6, 6.07) is 20.0. The molecule has 0 aliphatic carbocycles. The average Bonchev–Trinajstić information content (AvgIpc) is 2.61. The van der Waals surface area contributed by atoms with Crippen LogP contribution in [0.4, 0.5) is 0 Å². The molecule has 5 heteroatoms. The molecule has 3 aromatic rings. The first kappa shape index (κ1) is 15.2. The third kappa shape index (κ3) is 3.76. The summed E-state index contributed by atoms with van der Waals surface area (Å²) >= 11 is 1.24. The molecular weight excluding hydrogens is 308 g/mol. The standard InChI is InChI=1S/C18H14N2O2S/c21-15-11-12-19-18(20-15)23-17(14-9-5-2-6-10-14)16(22)13-7-3-1-4-8-13/h1-12,17H,(H,19,20,21). The normalized spacial score (nSPS) is 11.8. The van der Waals surface area contributed by atoms with E-state index < -0.39 is 5.25 Å². The van der Waals surface area contributed by atoms with Crippen molar-refractivity contribution in [2.75, 3.05) is 0 Å². The highest BCUT2D eigenvalue weighted by Crippen LogP contribution is 2.35. The van der Waals surface area contributed by atoms with Crippen molar-refractivity contribution in [3.63, 3.8) is 0 Å². The Morgan fingerprint density at radius 2 is 1.61 bits per heavy atom. The Balaban J connectivity index is 1.97. The third-order valence-corrected chi connectivity index (χ3v) is 4.43. The molecule has 0 radical (unpaired) electrons. The lowest BCUT2D eigenvalue weighted by molar-refractivity contribution is 0.0989. The number of hydrogen-bond donors (Lipinski definition) is 1. The zero-order valence-electron chi connectivity index (χ0n) is 12.2. The van der Waals surface area contributed by atoms with E-state index in [9.17, 15) is 9.59 Å². The fraction of sp³-hybridized carbons (Fsp3) is 0.0556. The summed E-state index contributed by atoms with van der Waals surface area (Å²) in [5.41, 5.74) is 1.27. The molecule has 1 atom stereocenters. The van der Waals surface area contributed by atoms with Crippen LogP contribution in [0.15, 0.2) is 82.9 Å². The van der Waals surface area contributed by atoms with Crippen LogP contribution < -0.4 is 5.56 Å². The van der Waals surface area contributed by atoms with Gasteiger partial charge in [0.2, 0.25) is 0 Å². The highest BCUT2D eigenvalue weighted by atomic mass is 32.2. The number of aromatic amines is 1. The molecule has 114 valence electrons. The number of rotatable bonds is 5. The van der Waals surface area contributed by atoms with Gasteiger partial charge in [-0.3, -0.25) is 9.59 Å². The van der Waals surface area contributed by atoms with Crippen molar-refractivity contribution in [1.82, 2.24) is 9.97 Å². The number of nitrogens with one attached hydrogen (secondary N) is 1. The van der Waals surface area contributed by atoms with Gasteiger partial charge in [-0.2, -0.15) is 0 Å². The summed E-state index contributed by atoms with van der Waals surface area (Å²) in [4.78, 5) is 31.1. The zero-order valence-corrected chi connectivity index (χ0v) is 13.0. The predicted octanol–water partition coefficient (Wildman–Crippen LogP) is 3.49. The first-order valence-electron chi connectivity index (χ1n) is 7.10. The van der Waals surface area contributed by atoms with Crippen molar-refractivity contribution in [3.05, 3.63) is 94.4 Å². The summed E-state index contributed by atoms with van der Waals surface area (Å²) in [6.45, 7) is 0. The molecule has 1 aromatic heterocycles. The third-order valence-electron chi connectivity index (χ3n) is 3.28. The zero-order chi connectivity index (χ0) is 16.1. The number of aromatic nitrogens is 2. The number of Topliss-reactive ketones (excluding diaryl/α,β-unsaturated/α-hetero) is 1. The lowest BCUT2D eigenvalue weighted by atomic mass is 10.0. The van der Waals surface area contributed by atoms with E-state index in [1.165, 1.54) is 24.0 Å². The van der Waals surface area contributed by atoms with Crippen LogP contribution >= 0.6 is 11.8 Å². The molecular formula is C18H14N2O2S. The van der Waals surface area contributed by atoms with Crippen LogP contribution in [-0.4, -0.2) is 15.8 Å². The summed E-state index contributed by atoms with van der Waals surface area (Å²) in [5, 5.41) is -0.0419. The molecule has 3 rings (SSSR count). The first-order chi connectivity index (χ1) is 11.2. The lowest BCUT2D eigenvalue weighted by Crippen LogP contribution is -2.12. The average molecular weight is 322 g/mol. The van der Waals surface area contributed by atoms with E-state index in [0.29, 0.717) is 10.7 Å². The molecule has 1 heterocycles. The van der Waals surface area contributed by atoms with Crippen LogP contribution in [0.5, 0.6) is 0 Å². The smallest absolute Gasteiger partial charge is 0.251 e. The van der Waals surface area contributed by atoms with Gasteiger partial charge >= 0.3 is 0 Å². The van der Waals surface area contributed by atoms with Gasteiger partial charge in [-0.25, -0.2) is 4.98 Å². The summed E-state index contributed by atoms with van der Waals surface area (Å²) in [6.07, 6.45) is 1.44. The first-order valence-corrected chi connectivity index (χ1v) is 7.98. The van der Waals surface area contributed by atoms with Gasteiger partial charge in [0.15, 0.2) is 10.9 Å². The van der Waals surface area contributed by atoms with Crippen molar-refractivity contribution < 1.29 is 4.79 Å². The number of hydrogen-bond acceptors (Lipinski definition) is 4. The Morgan fingerprint density at radius 3 is 2.26 bits per heavy atom. The maximum Gasteiger partial charge on any atom is 0.251 e. The van der Waals surface area contributed by atoms with Crippen LogP contribution in [0.25, 0.3) is 0 Å². The monoisotopic (exact) mass is 322 g/mol. The van der Waals surface area contributed by atoms with E-state index in [2.05, 4.69) is 9.97 Å². The molecule has 1 unspecified atom stereocenters. The summed E-state index contributed by atoms with van der Waals surface area (Å²) in [7, 11) is 0. The van der Waals surface area contributed by atoms with E-state index in [4.69, 9.17) is 0 Å². The minimum Gasteiger partial charge on any atom is -0.301 e. The van der Waals surface area contributed by atoms with Crippen molar-refractivity contribution in [2.45, 2.75) is 10.4 Å². The quantitative estimate of drug-likeness (QED) is 0.444. The molecule has 2 aromatic carbocycles. The van der Waals surface area contributed by atoms with Gasteiger partial charge < -0.3 is 4.98 Å². The van der Waals surface area contributed by atoms with Gasteiger partial charge in [0.05, 0.1) is 0 Å². The number of ketones is 1. The van der Waals surface area contributed by atoms with Gasteiger partial charge in [-0.1, -0.05) is 72.4 Å². The van der Waals surface area contributed by atoms with Crippen LogP contribution in [0, 0.1) is 0 Å². The van der Waals surface area contributed by atoms with E-state index in [1.54, 1.807) is 12.1 Å². The highest BCUT2D eigenvalue weighted by Gasteiger charge is 2.24. The maximum atomic E-state index is 12.9. The molecule has 0 saturated carbocycles. The molecule has 0 amide bonds. The summed E-state index contributed by atoms with van der Waals surface area (Å²) in [5.74, 6) is -0.0201. The Bertz CT molecular complexity index is 847. The summed E-state index contributed by atoms with van der Waals surface area (Å²) < 4.78 is 0. The minimum atomic E-state index is -0.468. The molecule has 0 saturated heterocycles. The number of H-pyrrole nitrogens is 1. The van der Waals surface area contributed by atoms with Crippen LogP contribution in [-0.2, 0) is 0 Å². The van der Waals surface area contributed by atoms with Gasteiger partial charge in [-0.15, -0.1) is 0 Å². The Hall–Kier alpha value is -2.66. The Labute approximate surface area is 137 Å². The molecule has 23 heavy (non-hydrogen) atoms. The van der Waals surface area contributed by atoms with E-state index in [-0.39, 0.29) is 11.3 Å². The van der Waals surface area contributed by atoms with Crippen molar-refractivity contribution in [2.24, 2.45) is 0 Å². The van der Waals surface area contributed by atoms with E-state index in [0.717, 1.165) is 5.56 Å². The van der Waals surface area contributed by atoms with Gasteiger partial charge in [0.1, 0.15) is 5.25 Å². The molecule has 1 N–H and O–H groups in total. The number of carbonyl (C=O) groups excluding carboxylic acids is 1. The lowest BCUT2D eigenvalue weighted by Gasteiger charge is -2.15. The second-order valence-corrected chi connectivity index (χ2v) is 5.97. The van der Waals surface area contributed by atoms with E-state index in [1.807, 2.05) is 48.5 Å². The van der Waals surface area contributed by atoms with Crippen LogP contribution in [0.2, 0.25) is 0 Å². The fourth-order valence-corrected chi connectivity index (χ4v) is 3.22. The van der Waals surface area contributed by atoms with Crippen molar-refractivity contribution >= 4 is 17.5 Å². The fourth-order valence-electron chi connectivity index (χ4n) is 2.18. The van der Waals surface area contributed by atoms with Crippen molar-refractivity contribution in [1.29, 1.82) is 0 Å². The van der Waals surface area contributed by atoms with Gasteiger partial charge in [-0.05, 0) is 5.56 Å².